The third kappa shape index (κ3) is 4.49. The number of nitrogens with one attached hydrogen (secondary N) is 2. The van der Waals surface area contributed by atoms with Crippen molar-refractivity contribution < 1.29 is 9.53 Å². The Bertz CT molecular complexity index is 1030. The van der Waals surface area contributed by atoms with Crippen LogP contribution >= 0.6 is 0 Å². The average molecular weight is 406 g/mol. The lowest BCUT2D eigenvalue weighted by Crippen LogP contribution is -2.42. The molecule has 3 aromatic heterocycles. The van der Waals surface area contributed by atoms with Crippen molar-refractivity contribution in [2.45, 2.75) is 32.8 Å². The Morgan fingerprint density at radius 3 is 2.70 bits per heavy atom. The number of hydrogen-bond donors (Lipinski definition) is 2. The number of anilines is 2. The van der Waals surface area contributed by atoms with E-state index in [4.69, 9.17) is 4.74 Å². The standard InChI is InChI=1S/C22H26N6O2/c1-14(2)17-12-18(27-26-17)22(29)28-10-11-30-19(13-28)16-7-5-9-21(24-16)25-20-8-4-6-15(3)23-20/h4-9,12,14,19H,10-11,13H2,1-3H3,(H,26,27)(H,23,24,25)/t19-/m0/s1. The van der Waals surface area contributed by atoms with E-state index in [1.807, 2.05) is 49.4 Å². The molecule has 1 aliphatic rings. The molecular formula is C22H26N6O2. The minimum absolute atomic E-state index is 0.0929. The van der Waals surface area contributed by atoms with E-state index in [2.05, 4.69) is 39.3 Å². The van der Waals surface area contributed by atoms with E-state index in [9.17, 15) is 4.79 Å². The summed E-state index contributed by atoms with van der Waals surface area (Å²) in [5.41, 5.74) is 3.09. The monoisotopic (exact) mass is 406 g/mol. The molecule has 0 unspecified atom stereocenters. The van der Waals surface area contributed by atoms with Crippen LogP contribution in [-0.2, 0) is 4.74 Å². The fraction of sp³-hybridized carbons (Fsp3) is 0.364. The van der Waals surface area contributed by atoms with E-state index in [0.29, 0.717) is 37.1 Å². The number of amides is 1. The zero-order chi connectivity index (χ0) is 21.1. The molecule has 2 N–H and O–H groups in total. The maximum atomic E-state index is 12.9. The number of nitrogens with zero attached hydrogens (tertiary/aromatic N) is 4. The second-order valence-corrected chi connectivity index (χ2v) is 7.71. The van der Waals surface area contributed by atoms with Crippen LogP contribution in [0.2, 0.25) is 0 Å². The van der Waals surface area contributed by atoms with Crippen LogP contribution in [0.5, 0.6) is 0 Å². The Morgan fingerprint density at radius 2 is 1.97 bits per heavy atom. The van der Waals surface area contributed by atoms with Crippen LogP contribution in [-0.4, -0.2) is 50.7 Å². The lowest BCUT2D eigenvalue weighted by Gasteiger charge is -2.32. The Labute approximate surface area is 175 Å². The Kier molecular flexibility index (Phi) is 5.76. The van der Waals surface area contributed by atoms with E-state index in [-0.39, 0.29) is 12.0 Å². The third-order valence-corrected chi connectivity index (χ3v) is 5.04. The molecule has 8 heteroatoms. The number of aromatic nitrogens is 4. The van der Waals surface area contributed by atoms with Gasteiger partial charge in [-0.2, -0.15) is 5.10 Å². The third-order valence-electron chi connectivity index (χ3n) is 5.04. The van der Waals surface area contributed by atoms with Gasteiger partial charge in [0.2, 0.25) is 0 Å². The number of carbonyl (C=O) groups excluding carboxylic acids is 1. The number of morpholine rings is 1. The minimum Gasteiger partial charge on any atom is -0.368 e. The van der Waals surface area contributed by atoms with Gasteiger partial charge in [0.25, 0.3) is 5.91 Å². The zero-order valence-electron chi connectivity index (χ0n) is 17.4. The molecule has 0 bridgehead atoms. The van der Waals surface area contributed by atoms with E-state index < -0.39 is 0 Å². The van der Waals surface area contributed by atoms with E-state index in [1.54, 1.807) is 4.90 Å². The summed E-state index contributed by atoms with van der Waals surface area (Å²) in [6.45, 7) is 7.49. The fourth-order valence-corrected chi connectivity index (χ4v) is 3.36. The molecule has 30 heavy (non-hydrogen) atoms. The van der Waals surface area contributed by atoms with Crippen LogP contribution in [0.15, 0.2) is 42.5 Å². The molecule has 0 aromatic carbocycles. The minimum atomic E-state index is -0.293. The van der Waals surface area contributed by atoms with Crippen LogP contribution in [0.25, 0.3) is 0 Å². The first-order chi connectivity index (χ1) is 14.5. The molecule has 0 aliphatic carbocycles. The number of hydrogen-bond acceptors (Lipinski definition) is 6. The number of carbonyl (C=O) groups is 1. The first-order valence-electron chi connectivity index (χ1n) is 10.1. The molecule has 1 aliphatic heterocycles. The molecule has 1 amide bonds. The number of H-pyrrole nitrogens is 1. The second kappa shape index (κ2) is 8.62. The van der Waals surface area contributed by atoms with Gasteiger partial charge in [-0.3, -0.25) is 9.89 Å². The molecule has 156 valence electrons. The number of pyridine rings is 2. The van der Waals surface area contributed by atoms with Gasteiger partial charge in [-0.15, -0.1) is 0 Å². The van der Waals surface area contributed by atoms with Gasteiger partial charge in [0, 0.05) is 17.9 Å². The summed E-state index contributed by atoms with van der Waals surface area (Å²) < 4.78 is 5.92. The molecular weight excluding hydrogens is 380 g/mol. The summed E-state index contributed by atoms with van der Waals surface area (Å²) in [7, 11) is 0. The summed E-state index contributed by atoms with van der Waals surface area (Å²) in [5, 5.41) is 10.4. The Balaban J connectivity index is 1.47. The van der Waals surface area contributed by atoms with Gasteiger partial charge in [0.05, 0.1) is 18.8 Å². The maximum absolute atomic E-state index is 12.9. The summed E-state index contributed by atoms with van der Waals surface area (Å²) in [6, 6.07) is 13.3. The SMILES string of the molecule is Cc1cccc(Nc2cccc([C@@H]3CN(C(=O)c4cc(C(C)C)[nH]n4)CCO3)n2)n1. The lowest BCUT2D eigenvalue weighted by atomic mass is 10.1. The molecule has 8 nitrogen and oxygen atoms in total. The smallest absolute Gasteiger partial charge is 0.274 e. The van der Waals surface area contributed by atoms with Crippen molar-refractivity contribution >= 4 is 17.5 Å². The van der Waals surface area contributed by atoms with Gasteiger partial charge < -0.3 is 15.0 Å². The highest BCUT2D eigenvalue weighted by molar-refractivity contribution is 5.92. The van der Waals surface area contributed by atoms with Crippen molar-refractivity contribution in [3.63, 3.8) is 0 Å². The largest absolute Gasteiger partial charge is 0.368 e. The van der Waals surface area contributed by atoms with Crippen molar-refractivity contribution in [1.29, 1.82) is 0 Å². The number of aryl methyl sites for hydroxylation is 1. The molecule has 4 rings (SSSR count). The Morgan fingerprint density at radius 1 is 1.20 bits per heavy atom. The summed E-state index contributed by atoms with van der Waals surface area (Å²) >= 11 is 0. The van der Waals surface area contributed by atoms with Gasteiger partial charge >= 0.3 is 0 Å². The van der Waals surface area contributed by atoms with E-state index in [0.717, 1.165) is 22.9 Å². The predicted octanol–water partition coefficient (Wildman–Crippen LogP) is 3.59. The van der Waals surface area contributed by atoms with Crippen LogP contribution in [0.3, 0.4) is 0 Å². The molecule has 3 aromatic rings. The van der Waals surface area contributed by atoms with Crippen molar-refractivity contribution in [2.75, 3.05) is 25.0 Å². The summed E-state index contributed by atoms with van der Waals surface area (Å²) in [6.07, 6.45) is -0.293. The maximum Gasteiger partial charge on any atom is 0.274 e. The topological polar surface area (TPSA) is 96.0 Å². The summed E-state index contributed by atoms with van der Waals surface area (Å²) in [5.74, 6) is 1.62. The average Bonchev–Trinajstić information content (AvgIpc) is 3.24. The highest BCUT2D eigenvalue weighted by Gasteiger charge is 2.28. The van der Waals surface area contributed by atoms with Crippen LogP contribution in [0.1, 0.15) is 53.4 Å². The molecule has 0 saturated carbocycles. The van der Waals surface area contributed by atoms with Gasteiger partial charge in [-0.25, -0.2) is 9.97 Å². The van der Waals surface area contributed by atoms with Gasteiger partial charge in [0.1, 0.15) is 23.4 Å². The number of ether oxygens (including phenoxy) is 1. The highest BCUT2D eigenvalue weighted by Crippen LogP contribution is 2.24. The second-order valence-electron chi connectivity index (χ2n) is 7.71. The van der Waals surface area contributed by atoms with E-state index in [1.165, 1.54) is 0 Å². The lowest BCUT2D eigenvalue weighted by molar-refractivity contribution is -0.0248. The molecule has 0 spiro atoms. The van der Waals surface area contributed by atoms with Gasteiger partial charge in [0.15, 0.2) is 0 Å². The highest BCUT2D eigenvalue weighted by atomic mass is 16.5. The Hall–Kier alpha value is -3.26. The van der Waals surface area contributed by atoms with E-state index >= 15 is 0 Å². The quantitative estimate of drug-likeness (QED) is 0.672. The van der Waals surface area contributed by atoms with Crippen molar-refractivity contribution in [3.8, 4) is 0 Å². The van der Waals surface area contributed by atoms with Crippen LogP contribution in [0, 0.1) is 6.92 Å². The molecule has 1 saturated heterocycles. The molecule has 0 radical (unpaired) electrons. The summed E-state index contributed by atoms with van der Waals surface area (Å²) in [4.78, 5) is 23.8. The van der Waals surface area contributed by atoms with Crippen LogP contribution in [0.4, 0.5) is 11.6 Å². The first-order valence-corrected chi connectivity index (χ1v) is 10.1. The number of aromatic amines is 1. The molecule has 4 heterocycles. The van der Waals surface area contributed by atoms with Crippen molar-refractivity contribution in [2.24, 2.45) is 0 Å². The van der Waals surface area contributed by atoms with Crippen molar-refractivity contribution in [1.82, 2.24) is 25.1 Å². The number of rotatable bonds is 5. The van der Waals surface area contributed by atoms with Crippen molar-refractivity contribution in [3.05, 3.63) is 65.2 Å². The molecule has 1 atom stereocenters. The normalized spacial score (nSPS) is 16.7. The van der Waals surface area contributed by atoms with Gasteiger partial charge in [-0.05, 0) is 43.2 Å². The zero-order valence-corrected chi connectivity index (χ0v) is 17.4. The molecule has 1 fully saturated rings. The predicted molar refractivity (Wildman–Crippen MR) is 114 cm³/mol. The van der Waals surface area contributed by atoms with Crippen LogP contribution < -0.4 is 5.32 Å². The van der Waals surface area contributed by atoms with Gasteiger partial charge in [-0.1, -0.05) is 26.0 Å². The first kappa shape index (κ1) is 20.0. The fourth-order valence-electron chi connectivity index (χ4n) is 3.36.